The van der Waals surface area contributed by atoms with Gasteiger partial charge in [-0.2, -0.15) is 0 Å². The molecule has 3 rings (SSSR count). The Kier molecular flexibility index (Phi) is 6.25. The van der Waals surface area contributed by atoms with Crippen LogP contribution < -0.4 is 5.32 Å². The monoisotopic (exact) mass is 324 g/mol. The van der Waals surface area contributed by atoms with Gasteiger partial charge in [0.1, 0.15) is 0 Å². The van der Waals surface area contributed by atoms with Crippen molar-refractivity contribution in [2.45, 2.75) is 38.5 Å². The summed E-state index contributed by atoms with van der Waals surface area (Å²) in [6, 6.07) is 14.5. The summed E-state index contributed by atoms with van der Waals surface area (Å²) in [6.07, 6.45) is 6.92. The number of amides is 1. The van der Waals surface area contributed by atoms with Gasteiger partial charge in [-0.25, -0.2) is 0 Å². The van der Waals surface area contributed by atoms with Crippen LogP contribution in [0.5, 0.6) is 0 Å². The van der Waals surface area contributed by atoms with E-state index in [4.69, 9.17) is 0 Å². The van der Waals surface area contributed by atoms with E-state index in [-0.39, 0.29) is 5.91 Å². The first-order valence-corrected chi connectivity index (χ1v) is 9.28. The van der Waals surface area contributed by atoms with Gasteiger partial charge in [0.25, 0.3) is 0 Å². The Balaban J connectivity index is 1.40. The highest BCUT2D eigenvalue weighted by molar-refractivity contribution is 5.85. The normalized spacial score (nSPS) is 16.0. The molecule has 0 unspecified atom stereocenters. The van der Waals surface area contributed by atoms with Crippen molar-refractivity contribution < 1.29 is 4.79 Å². The smallest absolute Gasteiger partial charge is 0.224 e. The standard InChI is InChI=1S/C21H28N2O/c24-21(22-12-7-15-23-13-5-1-2-6-14-23)17-18-10-11-19-8-3-4-9-20(19)16-18/h3-4,8-11,16H,1-2,5-7,12-15,17H2,(H,22,24). The number of likely N-dealkylation sites (tertiary alicyclic amines) is 1. The molecule has 1 aliphatic heterocycles. The Morgan fingerprint density at radius 3 is 2.50 bits per heavy atom. The van der Waals surface area contributed by atoms with Gasteiger partial charge in [-0.05, 0) is 55.2 Å². The van der Waals surface area contributed by atoms with Crippen molar-refractivity contribution in [3.63, 3.8) is 0 Å². The lowest BCUT2D eigenvalue weighted by Crippen LogP contribution is -2.31. The lowest BCUT2D eigenvalue weighted by Gasteiger charge is -2.19. The molecule has 24 heavy (non-hydrogen) atoms. The molecule has 0 saturated carbocycles. The van der Waals surface area contributed by atoms with Gasteiger partial charge in [0.05, 0.1) is 6.42 Å². The van der Waals surface area contributed by atoms with Gasteiger partial charge in [-0.3, -0.25) is 4.79 Å². The second-order valence-corrected chi connectivity index (χ2v) is 6.82. The van der Waals surface area contributed by atoms with Crippen LogP contribution in [0.1, 0.15) is 37.7 Å². The van der Waals surface area contributed by atoms with Gasteiger partial charge in [0.15, 0.2) is 0 Å². The van der Waals surface area contributed by atoms with E-state index in [2.05, 4.69) is 40.5 Å². The molecule has 1 aliphatic rings. The number of hydrogen-bond donors (Lipinski definition) is 1. The lowest BCUT2D eigenvalue weighted by molar-refractivity contribution is -0.120. The second-order valence-electron chi connectivity index (χ2n) is 6.82. The van der Waals surface area contributed by atoms with Crippen molar-refractivity contribution in [1.29, 1.82) is 0 Å². The predicted molar refractivity (Wildman–Crippen MR) is 100 cm³/mol. The van der Waals surface area contributed by atoms with Crippen LogP contribution >= 0.6 is 0 Å². The molecule has 0 spiro atoms. The zero-order chi connectivity index (χ0) is 16.6. The van der Waals surface area contributed by atoms with Crippen LogP contribution in [-0.2, 0) is 11.2 Å². The number of hydrogen-bond acceptors (Lipinski definition) is 2. The molecule has 3 heteroatoms. The van der Waals surface area contributed by atoms with Crippen molar-refractivity contribution >= 4 is 16.7 Å². The molecule has 1 amide bonds. The third kappa shape index (κ3) is 5.07. The van der Waals surface area contributed by atoms with Crippen LogP contribution in [0, 0.1) is 0 Å². The number of benzene rings is 2. The Morgan fingerprint density at radius 1 is 0.958 bits per heavy atom. The summed E-state index contributed by atoms with van der Waals surface area (Å²) in [4.78, 5) is 14.7. The second kappa shape index (κ2) is 8.84. The molecule has 2 aromatic carbocycles. The number of nitrogens with zero attached hydrogens (tertiary/aromatic N) is 1. The molecule has 1 heterocycles. The van der Waals surface area contributed by atoms with Crippen LogP contribution in [0.15, 0.2) is 42.5 Å². The fourth-order valence-corrected chi connectivity index (χ4v) is 3.49. The van der Waals surface area contributed by atoms with Crippen molar-refractivity contribution in [1.82, 2.24) is 10.2 Å². The summed E-state index contributed by atoms with van der Waals surface area (Å²) in [5, 5.41) is 5.49. The zero-order valence-corrected chi connectivity index (χ0v) is 14.5. The Morgan fingerprint density at radius 2 is 1.71 bits per heavy atom. The molecule has 1 N–H and O–H groups in total. The molecule has 0 aliphatic carbocycles. The number of carbonyl (C=O) groups is 1. The van der Waals surface area contributed by atoms with E-state index in [0.717, 1.165) is 25.1 Å². The SMILES string of the molecule is O=C(Cc1ccc2ccccc2c1)NCCCN1CCCCCC1. The van der Waals surface area contributed by atoms with E-state index in [1.165, 1.54) is 49.5 Å². The Hall–Kier alpha value is -1.87. The van der Waals surface area contributed by atoms with Gasteiger partial charge < -0.3 is 10.2 Å². The molecule has 128 valence electrons. The van der Waals surface area contributed by atoms with E-state index < -0.39 is 0 Å². The summed E-state index contributed by atoms with van der Waals surface area (Å²) in [6.45, 7) is 4.34. The summed E-state index contributed by atoms with van der Waals surface area (Å²) in [5.74, 6) is 0.126. The van der Waals surface area contributed by atoms with Gasteiger partial charge in [0, 0.05) is 6.54 Å². The number of carbonyl (C=O) groups excluding carboxylic acids is 1. The lowest BCUT2D eigenvalue weighted by atomic mass is 10.0. The summed E-state index contributed by atoms with van der Waals surface area (Å²) in [5.41, 5.74) is 1.08. The number of fused-ring (bicyclic) bond motifs is 1. The molecule has 0 radical (unpaired) electrons. The first kappa shape index (κ1) is 17.0. The molecule has 0 bridgehead atoms. The van der Waals surface area contributed by atoms with Crippen molar-refractivity contribution in [3.05, 3.63) is 48.0 Å². The minimum Gasteiger partial charge on any atom is -0.356 e. The quantitative estimate of drug-likeness (QED) is 0.821. The van der Waals surface area contributed by atoms with Crippen molar-refractivity contribution in [3.8, 4) is 0 Å². The highest BCUT2D eigenvalue weighted by atomic mass is 16.1. The number of rotatable bonds is 6. The van der Waals surface area contributed by atoms with Crippen LogP contribution in [0.2, 0.25) is 0 Å². The highest BCUT2D eigenvalue weighted by Gasteiger charge is 2.09. The first-order valence-electron chi connectivity index (χ1n) is 9.28. The molecule has 1 fully saturated rings. The Bertz CT molecular complexity index is 660. The largest absolute Gasteiger partial charge is 0.356 e. The van der Waals surface area contributed by atoms with Crippen LogP contribution in [0.3, 0.4) is 0 Å². The van der Waals surface area contributed by atoms with E-state index in [1.807, 2.05) is 12.1 Å². The van der Waals surface area contributed by atoms with Crippen LogP contribution in [-0.4, -0.2) is 37.0 Å². The molecule has 2 aromatic rings. The van der Waals surface area contributed by atoms with Gasteiger partial charge in [-0.1, -0.05) is 55.3 Å². The number of nitrogens with one attached hydrogen (secondary N) is 1. The van der Waals surface area contributed by atoms with Gasteiger partial charge >= 0.3 is 0 Å². The topological polar surface area (TPSA) is 32.3 Å². The molecule has 3 nitrogen and oxygen atoms in total. The van der Waals surface area contributed by atoms with Crippen LogP contribution in [0.25, 0.3) is 10.8 Å². The van der Waals surface area contributed by atoms with Crippen molar-refractivity contribution in [2.24, 2.45) is 0 Å². The van der Waals surface area contributed by atoms with Crippen LogP contribution in [0.4, 0.5) is 0 Å². The summed E-state index contributed by atoms with van der Waals surface area (Å²) >= 11 is 0. The predicted octanol–water partition coefficient (Wildman–Crippen LogP) is 3.76. The maximum Gasteiger partial charge on any atom is 0.224 e. The molecular formula is C21H28N2O. The average Bonchev–Trinajstić information content (AvgIpc) is 2.87. The third-order valence-corrected chi connectivity index (χ3v) is 4.85. The van der Waals surface area contributed by atoms with E-state index >= 15 is 0 Å². The van der Waals surface area contributed by atoms with Gasteiger partial charge in [-0.15, -0.1) is 0 Å². The molecule has 0 aromatic heterocycles. The average molecular weight is 324 g/mol. The maximum absolute atomic E-state index is 12.1. The maximum atomic E-state index is 12.1. The van der Waals surface area contributed by atoms with Gasteiger partial charge in [0.2, 0.25) is 5.91 Å². The summed E-state index contributed by atoms with van der Waals surface area (Å²) < 4.78 is 0. The third-order valence-electron chi connectivity index (χ3n) is 4.85. The van der Waals surface area contributed by atoms with E-state index in [0.29, 0.717) is 6.42 Å². The molecule has 1 saturated heterocycles. The van der Waals surface area contributed by atoms with E-state index in [9.17, 15) is 4.79 Å². The highest BCUT2D eigenvalue weighted by Crippen LogP contribution is 2.16. The van der Waals surface area contributed by atoms with E-state index in [1.54, 1.807) is 0 Å². The zero-order valence-electron chi connectivity index (χ0n) is 14.5. The minimum absolute atomic E-state index is 0.126. The fourth-order valence-electron chi connectivity index (χ4n) is 3.49. The Labute approximate surface area is 145 Å². The minimum atomic E-state index is 0.126. The molecular weight excluding hydrogens is 296 g/mol. The fraction of sp³-hybridized carbons (Fsp3) is 0.476. The first-order chi connectivity index (χ1) is 11.8. The van der Waals surface area contributed by atoms with Crippen molar-refractivity contribution in [2.75, 3.05) is 26.2 Å². The summed E-state index contributed by atoms with van der Waals surface area (Å²) in [7, 11) is 0. The molecule has 0 atom stereocenters.